The van der Waals surface area contributed by atoms with Gasteiger partial charge in [-0.2, -0.15) is 0 Å². The fourth-order valence-corrected chi connectivity index (χ4v) is 2.96. The molecule has 1 saturated heterocycles. The van der Waals surface area contributed by atoms with E-state index in [0.29, 0.717) is 6.54 Å². The van der Waals surface area contributed by atoms with Crippen molar-refractivity contribution in [2.24, 2.45) is 4.99 Å². The minimum Gasteiger partial charge on any atom is -0.468 e. The smallest absolute Gasteiger partial charge is 0.191 e. The van der Waals surface area contributed by atoms with Crippen molar-refractivity contribution < 1.29 is 9.15 Å². The van der Waals surface area contributed by atoms with Crippen molar-refractivity contribution in [2.45, 2.75) is 39.2 Å². The zero-order chi connectivity index (χ0) is 17.0. The second-order valence-electron chi connectivity index (χ2n) is 5.97. The normalized spacial score (nSPS) is 17.2. The van der Waals surface area contributed by atoms with Crippen LogP contribution in [0.15, 0.2) is 27.8 Å². The van der Waals surface area contributed by atoms with Crippen LogP contribution in [-0.4, -0.2) is 56.8 Å². The Morgan fingerprint density at radius 3 is 2.83 bits per heavy atom. The summed E-state index contributed by atoms with van der Waals surface area (Å²) in [6, 6.07) is 4.24. The van der Waals surface area contributed by atoms with Crippen LogP contribution in [0.4, 0.5) is 0 Å². The molecule has 1 aromatic rings. The number of aliphatic imine (C=N–C) groups is 1. The lowest BCUT2D eigenvalue weighted by molar-refractivity contribution is 0.145. The molecule has 0 aliphatic carbocycles. The Balaban J connectivity index is 1.90. The second-order valence-corrected chi connectivity index (χ2v) is 5.97. The van der Waals surface area contributed by atoms with E-state index in [0.717, 1.165) is 57.5 Å². The summed E-state index contributed by atoms with van der Waals surface area (Å²) in [5, 5.41) is 6.69. The molecule has 2 N–H and O–H groups in total. The van der Waals surface area contributed by atoms with Crippen LogP contribution in [-0.2, 0) is 4.74 Å². The van der Waals surface area contributed by atoms with E-state index in [4.69, 9.17) is 14.1 Å². The molecule has 0 spiro atoms. The Labute approximate surface area is 145 Å². The number of ether oxygens (including phenoxy) is 1. The van der Waals surface area contributed by atoms with Crippen molar-refractivity contribution in [3.8, 4) is 0 Å². The van der Waals surface area contributed by atoms with Crippen LogP contribution in [0.5, 0.6) is 0 Å². The summed E-state index contributed by atoms with van der Waals surface area (Å²) >= 11 is 0. The zero-order valence-electron chi connectivity index (χ0n) is 15.1. The van der Waals surface area contributed by atoms with Crippen LogP contribution in [0.25, 0.3) is 0 Å². The fourth-order valence-electron chi connectivity index (χ4n) is 2.96. The van der Waals surface area contributed by atoms with E-state index < -0.39 is 0 Å². The molecule has 0 radical (unpaired) electrons. The highest BCUT2D eigenvalue weighted by Gasteiger charge is 2.25. The Morgan fingerprint density at radius 1 is 1.33 bits per heavy atom. The molecule has 24 heavy (non-hydrogen) atoms. The predicted molar refractivity (Wildman–Crippen MR) is 97.3 cm³/mol. The Morgan fingerprint density at radius 2 is 2.17 bits per heavy atom. The van der Waals surface area contributed by atoms with Gasteiger partial charge in [-0.3, -0.25) is 9.89 Å². The maximum Gasteiger partial charge on any atom is 0.191 e. The molecule has 1 unspecified atom stereocenters. The van der Waals surface area contributed by atoms with Gasteiger partial charge < -0.3 is 19.8 Å². The molecule has 0 bridgehead atoms. The highest BCUT2D eigenvalue weighted by Crippen LogP contribution is 2.25. The molecule has 1 fully saturated rings. The molecule has 1 aliphatic rings. The lowest BCUT2D eigenvalue weighted by Gasteiger charge is -2.24. The molecule has 1 atom stereocenters. The van der Waals surface area contributed by atoms with E-state index in [1.54, 1.807) is 6.26 Å². The summed E-state index contributed by atoms with van der Waals surface area (Å²) in [5.74, 6) is 1.87. The highest BCUT2D eigenvalue weighted by molar-refractivity contribution is 5.79. The van der Waals surface area contributed by atoms with E-state index in [1.165, 1.54) is 12.8 Å². The maximum absolute atomic E-state index is 5.66. The van der Waals surface area contributed by atoms with Gasteiger partial charge in [0.05, 0.1) is 18.8 Å². The molecule has 136 valence electrons. The third-order valence-corrected chi connectivity index (χ3v) is 4.18. The molecule has 1 aromatic heterocycles. The SMILES string of the molecule is CCNC(=NCC(c1ccco1)N1CCCC1)NCCCOCC. The second kappa shape index (κ2) is 11.1. The Bertz CT molecular complexity index is 456. The molecule has 0 saturated carbocycles. The molecule has 0 aromatic carbocycles. The lowest BCUT2D eigenvalue weighted by Crippen LogP contribution is -2.39. The van der Waals surface area contributed by atoms with Gasteiger partial charge in [-0.05, 0) is 58.3 Å². The van der Waals surface area contributed by atoms with Gasteiger partial charge in [0.2, 0.25) is 0 Å². The van der Waals surface area contributed by atoms with Crippen molar-refractivity contribution in [1.82, 2.24) is 15.5 Å². The molecule has 2 heterocycles. The third kappa shape index (κ3) is 6.17. The van der Waals surface area contributed by atoms with Crippen LogP contribution in [0.2, 0.25) is 0 Å². The third-order valence-electron chi connectivity index (χ3n) is 4.18. The lowest BCUT2D eigenvalue weighted by atomic mass is 10.2. The first-order valence-electron chi connectivity index (χ1n) is 9.22. The average molecular weight is 336 g/mol. The van der Waals surface area contributed by atoms with Crippen molar-refractivity contribution in [1.29, 1.82) is 0 Å². The standard InChI is InChI=1S/C18H32N4O2/c1-3-19-18(20-10-8-13-23-4-2)21-15-16(17-9-7-14-24-17)22-11-5-6-12-22/h7,9,14,16H,3-6,8,10-13,15H2,1-2H3,(H2,19,20,21). The number of likely N-dealkylation sites (tertiary alicyclic amines) is 1. The fraction of sp³-hybridized carbons (Fsp3) is 0.722. The number of nitrogens with one attached hydrogen (secondary N) is 2. The Hall–Kier alpha value is -1.53. The van der Waals surface area contributed by atoms with Gasteiger partial charge >= 0.3 is 0 Å². The first-order chi connectivity index (χ1) is 11.8. The molecule has 6 heteroatoms. The van der Waals surface area contributed by atoms with E-state index in [9.17, 15) is 0 Å². The summed E-state index contributed by atoms with van der Waals surface area (Å²) in [6.45, 7) is 10.3. The number of guanidine groups is 1. The quantitative estimate of drug-likeness (QED) is 0.390. The van der Waals surface area contributed by atoms with Gasteiger partial charge in [0.25, 0.3) is 0 Å². The summed E-state index contributed by atoms with van der Waals surface area (Å²) in [6.07, 6.45) is 5.25. The van der Waals surface area contributed by atoms with E-state index in [-0.39, 0.29) is 6.04 Å². The molecule has 0 amide bonds. The first kappa shape index (κ1) is 18.8. The van der Waals surface area contributed by atoms with Crippen molar-refractivity contribution in [2.75, 3.05) is 45.9 Å². The van der Waals surface area contributed by atoms with Crippen molar-refractivity contribution in [3.05, 3.63) is 24.2 Å². The summed E-state index contributed by atoms with van der Waals surface area (Å²) in [5.41, 5.74) is 0. The maximum atomic E-state index is 5.66. The van der Waals surface area contributed by atoms with Gasteiger partial charge in [-0.1, -0.05) is 0 Å². The van der Waals surface area contributed by atoms with Gasteiger partial charge in [-0.25, -0.2) is 0 Å². The molecule has 1 aliphatic heterocycles. The molecule has 2 rings (SSSR count). The monoisotopic (exact) mass is 336 g/mol. The number of hydrogen-bond acceptors (Lipinski definition) is 4. The predicted octanol–water partition coefficient (Wildman–Crippen LogP) is 2.40. The molecular formula is C18H32N4O2. The van der Waals surface area contributed by atoms with Crippen LogP contribution in [0, 0.1) is 0 Å². The summed E-state index contributed by atoms with van der Waals surface area (Å²) < 4.78 is 11.0. The van der Waals surface area contributed by atoms with Gasteiger partial charge in [0.1, 0.15) is 5.76 Å². The largest absolute Gasteiger partial charge is 0.468 e. The van der Waals surface area contributed by atoms with Gasteiger partial charge in [-0.15, -0.1) is 0 Å². The van der Waals surface area contributed by atoms with Crippen molar-refractivity contribution in [3.63, 3.8) is 0 Å². The van der Waals surface area contributed by atoms with Crippen molar-refractivity contribution >= 4 is 5.96 Å². The van der Waals surface area contributed by atoms with Crippen LogP contribution in [0.3, 0.4) is 0 Å². The van der Waals surface area contributed by atoms with Crippen LogP contribution >= 0.6 is 0 Å². The number of hydrogen-bond donors (Lipinski definition) is 2. The van der Waals surface area contributed by atoms with E-state index >= 15 is 0 Å². The molecular weight excluding hydrogens is 304 g/mol. The topological polar surface area (TPSA) is 62.0 Å². The van der Waals surface area contributed by atoms with E-state index in [1.807, 2.05) is 13.0 Å². The Kier molecular flexibility index (Phi) is 8.70. The summed E-state index contributed by atoms with van der Waals surface area (Å²) in [7, 11) is 0. The average Bonchev–Trinajstić information content (AvgIpc) is 3.29. The van der Waals surface area contributed by atoms with Crippen LogP contribution in [0.1, 0.15) is 44.9 Å². The molecule has 6 nitrogen and oxygen atoms in total. The number of nitrogens with zero attached hydrogens (tertiary/aromatic N) is 2. The summed E-state index contributed by atoms with van der Waals surface area (Å²) in [4.78, 5) is 7.26. The first-order valence-corrected chi connectivity index (χ1v) is 9.22. The highest BCUT2D eigenvalue weighted by atomic mass is 16.5. The van der Waals surface area contributed by atoms with Gasteiger partial charge in [0.15, 0.2) is 5.96 Å². The minimum absolute atomic E-state index is 0.224. The van der Waals surface area contributed by atoms with Gasteiger partial charge in [0, 0.05) is 26.3 Å². The zero-order valence-corrected chi connectivity index (χ0v) is 15.1. The number of rotatable bonds is 10. The van der Waals surface area contributed by atoms with E-state index in [2.05, 4.69) is 28.5 Å². The number of furan rings is 1. The minimum atomic E-state index is 0.224. The van der Waals surface area contributed by atoms with Crippen LogP contribution < -0.4 is 10.6 Å².